The zero-order valence-corrected chi connectivity index (χ0v) is 8.78. The zero-order chi connectivity index (χ0) is 10.6. The third-order valence-electron chi connectivity index (χ3n) is 2.80. The molecule has 0 aromatic carbocycles. The fraction of sp³-hybridized carbons (Fsp3) is 0.727. The van der Waals surface area contributed by atoms with E-state index in [2.05, 4.69) is 13.5 Å². The molecule has 0 bridgehead atoms. The smallest absolute Gasteiger partial charge is 0.223 e. The topological polar surface area (TPSA) is 40.5 Å². The number of hydrogen-bond acceptors (Lipinski definition) is 2. The Labute approximate surface area is 85.4 Å². The van der Waals surface area contributed by atoms with Gasteiger partial charge in [0.25, 0.3) is 0 Å². The molecule has 1 fully saturated rings. The molecule has 0 saturated carbocycles. The van der Waals surface area contributed by atoms with E-state index in [1.54, 1.807) is 4.90 Å². The van der Waals surface area contributed by atoms with Crippen molar-refractivity contribution in [2.24, 2.45) is 5.92 Å². The van der Waals surface area contributed by atoms with Crippen LogP contribution in [-0.2, 0) is 4.79 Å². The van der Waals surface area contributed by atoms with E-state index in [0.29, 0.717) is 6.42 Å². The maximum atomic E-state index is 11.6. The number of carbonyl (C=O) groups is 1. The van der Waals surface area contributed by atoms with E-state index in [1.807, 2.05) is 6.08 Å². The summed E-state index contributed by atoms with van der Waals surface area (Å²) in [4.78, 5) is 13.4. The molecule has 80 valence electrons. The molecule has 1 N–H and O–H groups in total. The van der Waals surface area contributed by atoms with Crippen LogP contribution in [0.2, 0.25) is 0 Å². The van der Waals surface area contributed by atoms with Crippen LogP contribution in [-0.4, -0.2) is 35.1 Å². The summed E-state index contributed by atoms with van der Waals surface area (Å²) < 4.78 is 0. The van der Waals surface area contributed by atoms with E-state index in [0.717, 1.165) is 19.4 Å². The van der Waals surface area contributed by atoms with Gasteiger partial charge in [-0.1, -0.05) is 19.4 Å². The van der Waals surface area contributed by atoms with Crippen molar-refractivity contribution in [3.63, 3.8) is 0 Å². The molecule has 1 aliphatic heterocycles. The number of rotatable bonds is 5. The van der Waals surface area contributed by atoms with Gasteiger partial charge in [0, 0.05) is 18.9 Å². The van der Waals surface area contributed by atoms with Crippen LogP contribution >= 0.6 is 0 Å². The van der Waals surface area contributed by atoms with Crippen LogP contribution in [0.1, 0.15) is 26.2 Å². The van der Waals surface area contributed by atoms with Crippen molar-refractivity contribution in [2.45, 2.75) is 32.2 Å². The molecule has 2 atom stereocenters. The van der Waals surface area contributed by atoms with Gasteiger partial charge in [-0.05, 0) is 6.42 Å². The number of nitrogens with zero attached hydrogens (tertiary/aromatic N) is 1. The third kappa shape index (κ3) is 2.35. The minimum Gasteiger partial charge on any atom is -0.394 e. The van der Waals surface area contributed by atoms with Gasteiger partial charge < -0.3 is 10.0 Å². The van der Waals surface area contributed by atoms with E-state index in [1.165, 1.54) is 0 Å². The summed E-state index contributed by atoms with van der Waals surface area (Å²) in [7, 11) is 0. The molecule has 1 rings (SSSR count). The average molecular weight is 197 g/mol. The average Bonchev–Trinajstić information content (AvgIpc) is 2.56. The quantitative estimate of drug-likeness (QED) is 0.672. The second kappa shape index (κ2) is 5.15. The second-order valence-electron chi connectivity index (χ2n) is 3.87. The Morgan fingerprint density at radius 1 is 1.79 bits per heavy atom. The standard InChI is InChI=1S/C11H19NO2/c1-3-5-10(8-13)12-7-9(4-2)6-11(12)14/h4,9-10,13H,2-3,5-8H2,1H3. The molecule has 1 aliphatic rings. The number of aliphatic hydroxyl groups is 1. The monoisotopic (exact) mass is 197 g/mol. The van der Waals surface area contributed by atoms with Gasteiger partial charge in [-0.15, -0.1) is 6.58 Å². The first-order chi connectivity index (χ1) is 6.72. The number of aliphatic hydroxyl groups excluding tert-OH is 1. The number of likely N-dealkylation sites (tertiary alicyclic amines) is 1. The first-order valence-electron chi connectivity index (χ1n) is 5.25. The van der Waals surface area contributed by atoms with Crippen molar-refractivity contribution in [3.8, 4) is 0 Å². The van der Waals surface area contributed by atoms with Gasteiger partial charge in [-0.3, -0.25) is 4.79 Å². The normalized spacial score (nSPS) is 24.0. The summed E-state index contributed by atoms with van der Waals surface area (Å²) in [6.07, 6.45) is 4.27. The van der Waals surface area contributed by atoms with Crippen molar-refractivity contribution in [1.29, 1.82) is 0 Å². The van der Waals surface area contributed by atoms with E-state index in [-0.39, 0.29) is 24.5 Å². The summed E-state index contributed by atoms with van der Waals surface area (Å²) >= 11 is 0. The lowest BCUT2D eigenvalue weighted by molar-refractivity contribution is -0.130. The third-order valence-corrected chi connectivity index (χ3v) is 2.80. The molecule has 0 aliphatic carbocycles. The van der Waals surface area contributed by atoms with E-state index in [4.69, 9.17) is 0 Å². The first-order valence-corrected chi connectivity index (χ1v) is 5.25. The molecular weight excluding hydrogens is 178 g/mol. The zero-order valence-electron chi connectivity index (χ0n) is 8.78. The molecule has 1 saturated heterocycles. The first kappa shape index (κ1) is 11.2. The fourth-order valence-electron chi connectivity index (χ4n) is 1.95. The van der Waals surface area contributed by atoms with Crippen LogP contribution in [0, 0.1) is 5.92 Å². The van der Waals surface area contributed by atoms with Crippen molar-refractivity contribution in [3.05, 3.63) is 12.7 Å². The number of amides is 1. The van der Waals surface area contributed by atoms with Crippen LogP contribution in [0.5, 0.6) is 0 Å². The molecule has 3 heteroatoms. The molecule has 1 heterocycles. The van der Waals surface area contributed by atoms with E-state index < -0.39 is 0 Å². The summed E-state index contributed by atoms with van der Waals surface area (Å²) in [6, 6.07) is 0.0115. The largest absolute Gasteiger partial charge is 0.394 e. The van der Waals surface area contributed by atoms with Gasteiger partial charge >= 0.3 is 0 Å². The Morgan fingerprint density at radius 3 is 2.93 bits per heavy atom. The number of carbonyl (C=O) groups excluding carboxylic acids is 1. The van der Waals surface area contributed by atoms with Gasteiger partial charge in [0.2, 0.25) is 5.91 Å². The van der Waals surface area contributed by atoms with E-state index >= 15 is 0 Å². The van der Waals surface area contributed by atoms with Crippen LogP contribution < -0.4 is 0 Å². The van der Waals surface area contributed by atoms with Gasteiger partial charge in [0.15, 0.2) is 0 Å². The highest BCUT2D eigenvalue weighted by molar-refractivity contribution is 5.79. The van der Waals surface area contributed by atoms with Crippen molar-refractivity contribution in [1.82, 2.24) is 4.90 Å². The Hall–Kier alpha value is -0.830. The predicted molar refractivity (Wildman–Crippen MR) is 55.8 cm³/mol. The van der Waals surface area contributed by atoms with Gasteiger partial charge in [-0.2, -0.15) is 0 Å². The lowest BCUT2D eigenvalue weighted by atomic mass is 10.1. The molecule has 14 heavy (non-hydrogen) atoms. The lowest BCUT2D eigenvalue weighted by Gasteiger charge is -2.25. The molecular formula is C11H19NO2. The highest BCUT2D eigenvalue weighted by Crippen LogP contribution is 2.22. The van der Waals surface area contributed by atoms with Gasteiger partial charge in [0.1, 0.15) is 0 Å². The van der Waals surface area contributed by atoms with Crippen molar-refractivity contribution < 1.29 is 9.90 Å². The molecule has 3 nitrogen and oxygen atoms in total. The summed E-state index contributed by atoms with van der Waals surface area (Å²) in [6.45, 7) is 6.57. The highest BCUT2D eigenvalue weighted by Gasteiger charge is 2.31. The molecule has 1 amide bonds. The van der Waals surface area contributed by atoms with Crippen molar-refractivity contribution >= 4 is 5.91 Å². The summed E-state index contributed by atoms with van der Waals surface area (Å²) in [5.74, 6) is 0.427. The van der Waals surface area contributed by atoms with Crippen LogP contribution in [0.4, 0.5) is 0 Å². The molecule has 2 unspecified atom stereocenters. The Bertz CT molecular complexity index is 215. The summed E-state index contributed by atoms with van der Waals surface area (Å²) in [5, 5.41) is 9.17. The Balaban J connectivity index is 2.58. The van der Waals surface area contributed by atoms with Gasteiger partial charge in [-0.25, -0.2) is 0 Å². The molecule has 0 aromatic rings. The SMILES string of the molecule is C=CC1CC(=O)N(C(CO)CCC)C1. The van der Waals surface area contributed by atoms with Crippen LogP contribution in [0.25, 0.3) is 0 Å². The molecule has 0 spiro atoms. The Kier molecular flexibility index (Phi) is 4.14. The fourth-order valence-corrected chi connectivity index (χ4v) is 1.95. The summed E-state index contributed by atoms with van der Waals surface area (Å²) in [5.41, 5.74) is 0. The lowest BCUT2D eigenvalue weighted by Crippen LogP contribution is -2.39. The Morgan fingerprint density at radius 2 is 2.50 bits per heavy atom. The number of hydrogen-bond donors (Lipinski definition) is 1. The van der Waals surface area contributed by atoms with Crippen LogP contribution in [0.15, 0.2) is 12.7 Å². The van der Waals surface area contributed by atoms with E-state index in [9.17, 15) is 9.90 Å². The maximum absolute atomic E-state index is 11.6. The minimum atomic E-state index is 0.0115. The predicted octanol–water partition coefficient (Wildman–Crippen LogP) is 1.18. The van der Waals surface area contributed by atoms with Gasteiger partial charge in [0.05, 0.1) is 12.6 Å². The highest BCUT2D eigenvalue weighted by atomic mass is 16.3. The maximum Gasteiger partial charge on any atom is 0.223 e. The second-order valence-corrected chi connectivity index (χ2v) is 3.87. The molecule has 0 aromatic heterocycles. The molecule has 0 radical (unpaired) electrons. The van der Waals surface area contributed by atoms with Crippen LogP contribution in [0.3, 0.4) is 0 Å². The van der Waals surface area contributed by atoms with Crippen molar-refractivity contribution in [2.75, 3.05) is 13.2 Å². The minimum absolute atomic E-state index is 0.0115.